The van der Waals surface area contributed by atoms with Gasteiger partial charge in [-0.3, -0.25) is 4.79 Å². The van der Waals surface area contributed by atoms with Crippen LogP contribution in [0.5, 0.6) is 0 Å². The Labute approximate surface area is 113 Å². The first-order valence-corrected chi connectivity index (χ1v) is 6.86. The molecule has 1 aromatic carbocycles. The van der Waals surface area contributed by atoms with Crippen LogP contribution in [0.1, 0.15) is 27.1 Å². The highest BCUT2D eigenvalue weighted by molar-refractivity contribution is 7.98. The number of nitrogens with one attached hydrogen (secondary N) is 1. The largest absolute Gasteiger partial charge is 0.478 e. The Hall–Kier alpha value is -1.63. The summed E-state index contributed by atoms with van der Waals surface area (Å²) >= 11 is 1.61. The highest BCUT2D eigenvalue weighted by atomic mass is 32.2. The van der Waals surface area contributed by atoms with Crippen LogP contribution in [-0.2, 0) is 0 Å². The molecule has 0 atom stereocenters. The van der Waals surface area contributed by atoms with E-state index in [-0.39, 0.29) is 5.56 Å². The molecule has 7 heteroatoms. The molecular weight excluding hydrogens is 276 g/mol. The smallest absolute Gasteiger partial charge is 0.336 e. The number of rotatable bonds is 6. The number of carboxylic acid groups (broad SMARTS) is 1. The van der Waals surface area contributed by atoms with Crippen molar-refractivity contribution in [1.82, 2.24) is 5.32 Å². The van der Waals surface area contributed by atoms with Crippen LogP contribution in [0.4, 0.5) is 8.78 Å². The number of aromatic carboxylic acids is 1. The first kappa shape index (κ1) is 15.4. The first-order chi connectivity index (χ1) is 8.97. The molecule has 0 saturated carbocycles. The maximum atomic E-state index is 13.1. The van der Waals surface area contributed by atoms with Gasteiger partial charge in [-0.05, 0) is 30.6 Å². The van der Waals surface area contributed by atoms with Crippen LogP contribution in [0.15, 0.2) is 12.1 Å². The third-order valence-electron chi connectivity index (χ3n) is 2.35. The number of thioether (sulfide) groups is 1. The molecule has 1 amide bonds. The summed E-state index contributed by atoms with van der Waals surface area (Å²) in [5, 5.41) is 11.3. The van der Waals surface area contributed by atoms with Crippen LogP contribution >= 0.6 is 11.8 Å². The van der Waals surface area contributed by atoms with E-state index in [1.165, 1.54) is 0 Å². The Balaban J connectivity index is 2.89. The molecule has 0 spiro atoms. The molecule has 0 unspecified atom stereocenters. The topological polar surface area (TPSA) is 66.4 Å². The SMILES string of the molecule is CSCCCNC(=O)c1cc(F)c(F)cc1C(=O)O. The number of benzene rings is 1. The summed E-state index contributed by atoms with van der Waals surface area (Å²) in [6, 6.07) is 1.11. The molecule has 0 aliphatic rings. The minimum Gasteiger partial charge on any atom is -0.478 e. The molecule has 4 nitrogen and oxygen atoms in total. The number of hydrogen-bond donors (Lipinski definition) is 2. The zero-order valence-corrected chi connectivity index (χ0v) is 11.0. The maximum absolute atomic E-state index is 13.1. The van der Waals surface area contributed by atoms with Gasteiger partial charge in [0.15, 0.2) is 11.6 Å². The van der Waals surface area contributed by atoms with Gasteiger partial charge in [0.25, 0.3) is 5.91 Å². The normalized spacial score (nSPS) is 10.3. The molecule has 2 N–H and O–H groups in total. The fourth-order valence-electron chi connectivity index (χ4n) is 1.43. The molecule has 104 valence electrons. The monoisotopic (exact) mass is 289 g/mol. The minimum absolute atomic E-state index is 0.345. The van der Waals surface area contributed by atoms with E-state index in [0.29, 0.717) is 25.1 Å². The molecule has 0 heterocycles. The summed E-state index contributed by atoms with van der Waals surface area (Å²) in [6.45, 7) is 0.345. The van der Waals surface area contributed by atoms with E-state index in [1.54, 1.807) is 11.8 Å². The fourth-order valence-corrected chi connectivity index (χ4v) is 1.86. The van der Waals surface area contributed by atoms with Gasteiger partial charge < -0.3 is 10.4 Å². The van der Waals surface area contributed by atoms with E-state index in [4.69, 9.17) is 5.11 Å². The van der Waals surface area contributed by atoms with E-state index < -0.39 is 29.1 Å². The van der Waals surface area contributed by atoms with Gasteiger partial charge in [0.1, 0.15) is 0 Å². The second-order valence-electron chi connectivity index (χ2n) is 3.72. The van der Waals surface area contributed by atoms with Crippen molar-refractivity contribution >= 4 is 23.6 Å². The van der Waals surface area contributed by atoms with E-state index in [9.17, 15) is 18.4 Å². The molecular formula is C12H13F2NO3S. The number of carboxylic acids is 1. The van der Waals surface area contributed by atoms with Gasteiger partial charge in [-0.2, -0.15) is 11.8 Å². The number of carbonyl (C=O) groups excluding carboxylic acids is 1. The molecule has 1 rings (SSSR count). The number of hydrogen-bond acceptors (Lipinski definition) is 3. The average Bonchev–Trinajstić information content (AvgIpc) is 2.36. The van der Waals surface area contributed by atoms with Gasteiger partial charge in [-0.15, -0.1) is 0 Å². The number of carbonyl (C=O) groups is 2. The van der Waals surface area contributed by atoms with E-state index in [0.717, 1.165) is 5.75 Å². The van der Waals surface area contributed by atoms with Gasteiger partial charge in [0, 0.05) is 6.54 Å². The van der Waals surface area contributed by atoms with Gasteiger partial charge >= 0.3 is 5.97 Å². The van der Waals surface area contributed by atoms with Crippen molar-refractivity contribution in [3.63, 3.8) is 0 Å². The van der Waals surface area contributed by atoms with Crippen LogP contribution in [-0.4, -0.2) is 35.5 Å². The Morgan fingerprint density at radius 1 is 1.26 bits per heavy atom. The van der Waals surface area contributed by atoms with Crippen molar-refractivity contribution in [2.45, 2.75) is 6.42 Å². The Morgan fingerprint density at radius 2 is 1.84 bits per heavy atom. The van der Waals surface area contributed by atoms with Gasteiger partial charge in [-0.1, -0.05) is 0 Å². The van der Waals surface area contributed by atoms with Gasteiger partial charge in [0.2, 0.25) is 0 Å². The molecule has 1 aromatic rings. The molecule has 19 heavy (non-hydrogen) atoms. The zero-order valence-electron chi connectivity index (χ0n) is 10.2. The lowest BCUT2D eigenvalue weighted by Gasteiger charge is -2.08. The Morgan fingerprint density at radius 3 is 2.37 bits per heavy atom. The van der Waals surface area contributed by atoms with Crippen LogP contribution in [0.3, 0.4) is 0 Å². The summed E-state index contributed by atoms with van der Waals surface area (Å²) in [5.41, 5.74) is -0.934. The summed E-state index contributed by atoms with van der Waals surface area (Å²) in [5.74, 6) is -3.91. The highest BCUT2D eigenvalue weighted by Crippen LogP contribution is 2.15. The lowest BCUT2D eigenvalue weighted by atomic mass is 10.1. The molecule has 0 radical (unpaired) electrons. The van der Waals surface area contributed by atoms with Crippen molar-refractivity contribution in [3.8, 4) is 0 Å². The molecule has 0 fully saturated rings. The van der Waals surface area contributed by atoms with Crippen molar-refractivity contribution in [1.29, 1.82) is 0 Å². The molecule has 0 saturated heterocycles. The van der Waals surface area contributed by atoms with Crippen molar-refractivity contribution in [2.75, 3.05) is 18.6 Å². The van der Waals surface area contributed by atoms with Crippen LogP contribution in [0.25, 0.3) is 0 Å². The summed E-state index contributed by atoms with van der Waals surface area (Å²) in [7, 11) is 0. The Kier molecular flexibility index (Phi) is 5.75. The first-order valence-electron chi connectivity index (χ1n) is 5.46. The van der Waals surface area contributed by atoms with E-state index >= 15 is 0 Å². The third-order valence-corrected chi connectivity index (χ3v) is 3.04. The quantitative estimate of drug-likeness (QED) is 0.787. The van der Waals surface area contributed by atoms with Gasteiger partial charge in [0.05, 0.1) is 11.1 Å². The lowest BCUT2D eigenvalue weighted by Crippen LogP contribution is -2.27. The van der Waals surface area contributed by atoms with Crippen LogP contribution < -0.4 is 5.32 Å². The third kappa shape index (κ3) is 4.20. The maximum Gasteiger partial charge on any atom is 0.336 e. The average molecular weight is 289 g/mol. The predicted molar refractivity (Wildman–Crippen MR) is 68.6 cm³/mol. The summed E-state index contributed by atoms with van der Waals surface area (Å²) in [4.78, 5) is 22.6. The predicted octanol–water partition coefficient (Wildman–Crippen LogP) is 2.15. The number of amides is 1. The van der Waals surface area contributed by atoms with Gasteiger partial charge in [-0.25, -0.2) is 13.6 Å². The lowest BCUT2D eigenvalue weighted by molar-refractivity contribution is 0.0690. The van der Waals surface area contributed by atoms with Crippen LogP contribution in [0.2, 0.25) is 0 Å². The van der Waals surface area contributed by atoms with Crippen molar-refractivity contribution in [2.24, 2.45) is 0 Å². The zero-order chi connectivity index (χ0) is 14.4. The van der Waals surface area contributed by atoms with Crippen LogP contribution in [0, 0.1) is 11.6 Å². The molecule has 0 aliphatic heterocycles. The summed E-state index contributed by atoms with van der Waals surface area (Å²) in [6.07, 6.45) is 2.62. The second-order valence-corrected chi connectivity index (χ2v) is 4.70. The van der Waals surface area contributed by atoms with E-state index in [2.05, 4.69) is 5.32 Å². The van der Waals surface area contributed by atoms with Crippen molar-refractivity contribution in [3.05, 3.63) is 34.9 Å². The molecule has 0 aliphatic carbocycles. The van der Waals surface area contributed by atoms with Crippen molar-refractivity contribution < 1.29 is 23.5 Å². The summed E-state index contributed by atoms with van der Waals surface area (Å²) < 4.78 is 26.0. The standard InChI is InChI=1S/C12H13F2NO3S/c1-19-4-2-3-15-11(16)7-5-9(13)10(14)6-8(7)12(17)18/h5-6H,2-4H2,1H3,(H,15,16)(H,17,18). The highest BCUT2D eigenvalue weighted by Gasteiger charge is 2.20. The minimum atomic E-state index is -1.48. The Bertz CT molecular complexity index is 494. The van der Waals surface area contributed by atoms with E-state index in [1.807, 2.05) is 6.26 Å². The fraction of sp³-hybridized carbons (Fsp3) is 0.333. The molecule has 0 bridgehead atoms. The molecule has 0 aromatic heterocycles. The second kappa shape index (κ2) is 7.08. The number of halogens is 2.